The number of carbonyl (C=O) groups is 1. The van der Waals surface area contributed by atoms with E-state index in [4.69, 9.17) is 0 Å². The van der Waals surface area contributed by atoms with Gasteiger partial charge in [0.1, 0.15) is 10.9 Å². The van der Waals surface area contributed by atoms with Crippen LogP contribution in [0, 0.1) is 6.92 Å². The molecule has 0 radical (unpaired) electrons. The van der Waals surface area contributed by atoms with Crippen molar-refractivity contribution in [2.75, 3.05) is 11.9 Å². The molecule has 1 aromatic heterocycles. The minimum Gasteiger partial charge on any atom is -0.343 e. The zero-order valence-corrected chi connectivity index (χ0v) is 15.1. The highest BCUT2D eigenvalue weighted by atomic mass is 32.2. The first-order chi connectivity index (χ1) is 12.0. The maximum atomic E-state index is 12.7. The normalized spacial score (nSPS) is 21.1. The number of aryl methyl sites for hydroxylation is 1. The van der Waals surface area contributed by atoms with E-state index >= 15 is 0 Å². The van der Waals surface area contributed by atoms with E-state index in [0.29, 0.717) is 29.5 Å². The second-order valence-corrected chi connectivity index (χ2v) is 8.45. The Labute approximate surface area is 149 Å². The Morgan fingerprint density at radius 2 is 2.16 bits per heavy atom. The van der Waals surface area contributed by atoms with Crippen LogP contribution >= 0.6 is 11.3 Å². The summed E-state index contributed by atoms with van der Waals surface area (Å²) in [6, 6.07) is 6.28. The number of amides is 1. The average molecular weight is 376 g/mol. The molecule has 1 N–H and O–H groups in total. The van der Waals surface area contributed by atoms with Gasteiger partial charge in [0.15, 0.2) is 11.0 Å². The molecule has 0 spiro atoms. The van der Waals surface area contributed by atoms with Gasteiger partial charge in [0, 0.05) is 17.5 Å². The summed E-state index contributed by atoms with van der Waals surface area (Å²) in [7, 11) is -3.69. The number of anilines is 1. The predicted octanol–water partition coefficient (Wildman–Crippen LogP) is 2.00. The summed E-state index contributed by atoms with van der Waals surface area (Å²) < 4.78 is 28.5. The Morgan fingerprint density at radius 3 is 2.92 bits per heavy atom. The van der Waals surface area contributed by atoms with Gasteiger partial charge in [-0.3, -0.25) is 4.79 Å². The smallest absolute Gasteiger partial charge is 0.285 e. The number of fused-ring (bicyclic) bond motifs is 1. The lowest BCUT2D eigenvalue weighted by molar-refractivity contribution is -0.119. The molecule has 0 aliphatic carbocycles. The maximum absolute atomic E-state index is 12.7. The molecule has 2 aliphatic heterocycles. The number of rotatable bonds is 2. The number of nitrogens with zero attached hydrogens (tertiary/aromatic N) is 3. The van der Waals surface area contributed by atoms with Gasteiger partial charge in [0.05, 0.1) is 5.69 Å². The summed E-state index contributed by atoms with van der Waals surface area (Å²) in [6.45, 7) is 2.46. The largest absolute Gasteiger partial charge is 0.343 e. The van der Waals surface area contributed by atoms with E-state index in [1.165, 1.54) is 11.3 Å². The van der Waals surface area contributed by atoms with E-state index in [-0.39, 0.29) is 10.8 Å². The van der Waals surface area contributed by atoms with Crippen LogP contribution in [0.25, 0.3) is 0 Å². The first-order valence-corrected chi connectivity index (χ1v) is 10.2. The van der Waals surface area contributed by atoms with Crippen LogP contribution in [0.15, 0.2) is 38.9 Å². The number of carbonyl (C=O) groups excluding carboxylic acids is 1. The highest BCUT2D eigenvalue weighted by Crippen LogP contribution is 2.31. The molecule has 1 aromatic carbocycles. The number of benzene rings is 1. The topological polar surface area (TPSA) is 91.7 Å². The summed E-state index contributed by atoms with van der Waals surface area (Å²) in [5.41, 5.74) is 1.41. The maximum Gasteiger partial charge on any atom is 0.285 e. The van der Waals surface area contributed by atoms with Gasteiger partial charge in [0.25, 0.3) is 10.0 Å². The first-order valence-electron chi connectivity index (χ1n) is 7.90. The zero-order valence-electron chi connectivity index (χ0n) is 13.5. The molecule has 1 amide bonds. The predicted molar refractivity (Wildman–Crippen MR) is 95.4 cm³/mol. The molecule has 4 rings (SSSR count). The third kappa shape index (κ3) is 2.83. The lowest BCUT2D eigenvalue weighted by Gasteiger charge is -2.25. The van der Waals surface area contributed by atoms with Crippen molar-refractivity contribution in [2.24, 2.45) is 4.40 Å². The number of sulfonamides is 1. The van der Waals surface area contributed by atoms with E-state index in [1.807, 2.05) is 12.3 Å². The van der Waals surface area contributed by atoms with Crippen molar-refractivity contribution < 1.29 is 13.2 Å². The van der Waals surface area contributed by atoms with Crippen LogP contribution in [-0.2, 0) is 14.8 Å². The van der Waals surface area contributed by atoms with Crippen molar-refractivity contribution in [2.45, 2.75) is 30.7 Å². The van der Waals surface area contributed by atoms with Gasteiger partial charge >= 0.3 is 0 Å². The molecule has 130 valence electrons. The molecule has 1 fully saturated rings. The monoisotopic (exact) mass is 376 g/mol. The Morgan fingerprint density at radius 1 is 1.36 bits per heavy atom. The molecule has 7 nitrogen and oxygen atoms in total. The minimum absolute atomic E-state index is 0.184. The SMILES string of the molecule is Cc1csc(NC(=O)[C@@H]2CCCN2C2=NS(=O)(=O)c3ccccc32)n1. The number of amidine groups is 1. The molecular formula is C16H16N4O3S2. The molecule has 1 atom stereocenters. The summed E-state index contributed by atoms with van der Waals surface area (Å²) in [4.78, 5) is 18.9. The van der Waals surface area contributed by atoms with Crippen molar-refractivity contribution in [1.82, 2.24) is 9.88 Å². The standard InChI is InChI=1S/C16H16N4O3S2/c1-10-9-24-16(17-10)18-15(21)12-6-4-8-20(12)14-11-5-2-3-7-13(11)25(22,23)19-14/h2-3,5,7,9,12H,4,6,8H2,1H3,(H,17,18,21)/t12-/m0/s1. The van der Waals surface area contributed by atoms with E-state index in [9.17, 15) is 13.2 Å². The fourth-order valence-corrected chi connectivity index (χ4v) is 5.10. The highest BCUT2D eigenvalue weighted by Gasteiger charge is 2.39. The third-order valence-corrected chi connectivity index (χ3v) is 6.49. The van der Waals surface area contributed by atoms with Crippen molar-refractivity contribution >= 4 is 38.2 Å². The number of nitrogens with one attached hydrogen (secondary N) is 1. The summed E-state index contributed by atoms with van der Waals surface area (Å²) >= 11 is 1.37. The van der Waals surface area contributed by atoms with Crippen LogP contribution in [0.4, 0.5) is 5.13 Å². The Kier molecular flexibility index (Phi) is 3.84. The van der Waals surface area contributed by atoms with Crippen LogP contribution in [-0.4, -0.2) is 42.6 Å². The van der Waals surface area contributed by atoms with Crippen molar-refractivity contribution in [1.29, 1.82) is 0 Å². The average Bonchev–Trinajstić information content (AvgIpc) is 3.26. The molecular weight excluding hydrogens is 360 g/mol. The number of hydrogen-bond donors (Lipinski definition) is 1. The lowest BCUT2D eigenvalue weighted by atomic mass is 10.1. The van der Waals surface area contributed by atoms with Crippen LogP contribution in [0.3, 0.4) is 0 Å². The van der Waals surface area contributed by atoms with E-state index in [1.54, 1.807) is 29.2 Å². The van der Waals surface area contributed by atoms with Gasteiger partial charge in [-0.2, -0.15) is 8.42 Å². The van der Waals surface area contributed by atoms with E-state index in [2.05, 4.69) is 14.7 Å². The summed E-state index contributed by atoms with van der Waals surface area (Å²) in [5, 5.41) is 5.24. The first kappa shape index (κ1) is 16.2. The molecule has 3 heterocycles. The van der Waals surface area contributed by atoms with Crippen LogP contribution in [0.2, 0.25) is 0 Å². The van der Waals surface area contributed by atoms with Crippen molar-refractivity contribution in [3.05, 3.63) is 40.9 Å². The highest BCUT2D eigenvalue weighted by molar-refractivity contribution is 7.90. The molecule has 0 saturated carbocycles. The molecule has 2 aromatic rings. The number of thiazole rings is 1. The van der Waals surface area contributed by atoms with Crippen molar-refractivity contribution in [3.63, 3.8) is 0 Å². The zero-order chi connectivity index (χ0) is 17.6. The van der Waals surface area contributed by atoms with Gasteiger partial charge in [-0.15, -0.1) is 15.7 Å². The molecule has 0 bridgehead atoms. The summed E-state index contributed by atoms with van der Waals surface area (Å²) in [5.74, 6) is 0.180. The van der Waals surface area contributed by atoms with E-state index in [0.717, 1.165) is 12.1 Å². The minimum atomic E-state index is -3.69. The van der Waals surface area contributed by atoms with Crippen LogP contribution in [0.5, 0.6) is 0 Å². The molecule has 2 aliphatic rings. The fourth-order valence-electron chi connectivity index (χ4n) is 3.19. The van der Waals surface area contributed by atoms with Gasteiger partial charge < -0.3 is 10.2 Å². The van der Waals surface area contributed by atoms with Gasteiger partial charge in [-0.05, 0) is 31.9 Å². The molecule has 0 unspecified atom stereocenters. The second-order valence-electron chi connectivity index (χ2n) is 6.02. The Hall–Kier alpha value is -2.26. The summed E-state index contributed by atoms with van der Waals surface area (Å²) in [6.07, 6.45) is 1.45. The third-order valence-electron chi connectivity index (χ3n) is 4.29. The second kappa shape index (κ2) is 5.92. The molecule has 9 heteroatoms. The van der Waals surface area contributed by atoms with Gasteiger partial charge in [0.2, 0.25) is 5.91 Å². The lowest BCUT2D eigenvalue weighted by Crippen LogP contribution is -2.43. The van der Waals surface area contributed by atoms with Crippen LogP contribution < -0.4 is 5.32 Å². The fraction of sp³-hybridized carbons (Fsp3) is 0.312. The number of aromatic nitrogens is 1. The quantitative estimate of drug-likeness (QED) is 0.866. The Bertz CT molecular complexity index is 981. The number of hydrogen-bond acceptors (Lipinski definition) is 6. The Balaban J connectivity index is 1.63. The number of likely N-dealkylation sites (tertiary alicyclic amines) is 1. The molecule has 25 heavy (non-hydrogen) atoms. The molecule has 1 saturated heterocycles. The van der Waals surface area contributed by atoms with Gasteiger partial charge in [-0.25, -0.2) is 4.98 Å². The van der Waals surface area contributed by atoms with Crippen molar-refractivity contribution in [3.8, 4) is 0 Å². The van der Waals surface area contributed by atoms with E-state index < -0.39 is 16.1 Å². The van der Waals surface area contributed by atoms with Gasteiger partial charge in [-0.1, -0.05) is 12.1 Å². The van der Waals surface area contributed by atoms with Crippen LogP contribution in [0.1, 0.15) is 24.1 Å².